The standard InChI is InChI=1S/C23H47N2O6P/c1-9-22(6,7)30-32(27,31-23(8,10-2)11-3)24-13-17-29-20(26)21(4,5)12-14-25-15-18-28-19-16-25/h9-19H2,1-8H3,(H,24,27). The van der Waals surface area contributed by atoms with Crippen LogP contribution in [0.4, 0.5) is 0 Å². The first-order valence-electron chi connectivity index (χ1n) is 12.0. The molecule has 0 spiro atoms. The zero-order chi connectivity index (χ0) is 24.5. The molecular weight excluding hydrogens is 431 g/mol. The monoisotopic (exact) mass is 478 g/mol. The van der Waals surface area contributed by atoms with Crippen LogP contribution in [0.2, 0.25) is 0 Å². The first-order valence-corrected chi connectivity index (χ1v) is 13.6. The maximum atomic E-state index is 13.5. The van der Waals surface area contributed by atoms with Crippen LogP contribution in [-0.4, -0.2) is 68.1 Å². The number of hydrogen-bond acceptors (Lipinski definition) is 7. The Morgan fingerprint density at radius 2 is 1.59 bits per heavy atom. The summed E-state index contributed by atoms with van der Waals surface area (Å²) in [6, 6.07) is 0. The molecule has 32 heavy (non-hydrogen) atoms. The number of nitrogens with one attached hydrogen (secondary N) is 1. The predicted molar refractivity (Wildman–Crippen MR) is 128 cm³/mol. The minimum absolute atomic E-state index is 0.0953. The molecule has 1 aliphatic heterocycles. The molecule has 1 aliphatic rings. The van der Waals surface area contributed by atoms with E-state index in [2.05, 4.69) is 9.99 Å². The lowest BCUT2D eigenvalue weighted by Crippen LogP contribution is -2.40. The minimum Gasteiger partial charge on any atom is -0.464 e. The van der Waals surface area contributed by atoms with Gasteiger partial charge in [0.2, 0.25) is 0 Å². The molecule has 1 atom stereocenters. The van der Waals surface area contributed by atoms with Gasteiger partial charge >= 0.3 is 13.7 Å². The number of ether oxygens (including phenoxy) is 2. The van der Waals surface area contributed by atoms with Crippen LogP contribution < -0.4 is 5.09 Å². The molecule has 190 valence electrons. The Morgan fingerprint density at radius 1 is 1.00 bits per heavy atom. The van der Waals surface area contributed by atoms with E-state index in [1.165, 1.54) is 0 Å². The molecule has 1 heterocycles. The van der Waals surface area contributed by atoms with Crippen molar-refractivity contribution in [2.24, 2.45) is 5.41 Å². The molecule has 0 bridgehead atoms. The first kappa shape index (κ1) is 29.5. The third-order valence-electron chi connectivity index (χ3n) is 6.41. The largest absolute Gasteiger partial charge is 0.464 e. The van der Waals surface area contributed by atoms with Gasteiger partial charge in [-0.05, 0) is 66.8 Å². The van der Waals surface area contributed by atoms with E-state index in [1.807, 2.05) is 55.4 Å². The van der Waals surface area contributed by atoms with E-state index in [1.54, 1.807) is 0 Å². The summed E-state index contributed by atoms with van der Waals surface area (Å²) < 4.78 is 36.3. The normalized spacial score (nSPS) is 18.4. The van der Waals surface area contributed by atoms with Gasteiger partial charge in [-0.1, -0.05) is 20.8 Å². The van der Waals surface area contributed by atoms with Crippen LogP contribution in [0, 0.1) is 5.41 Å². The van der Waals surface area contributed by atoms with Crippen molar-refractivity contribution in [3.05, 3.63) is 0 Å². The van der Waals surface area contributed by atoms with Crippen LogP contribution in [0.1, 0.15) is 81.1 Å². The Labute approximate surface area is 195 Å². The fraction of sp³-hybridized carbons (Fsp3) is 0.957. The van der Waals surface area contributed by atoms with Gasteiger partial charge in [0.15, 0.2) is 0 Å². The molecule has 1 rings (SSSR count). The Morgan fingerprint density at radius 3 is 2.12 bits per heavy atom. The molecule has 1 fully saturated rings. The lowest BCUT2D eigenvalue weighted by atomic mass is 9.89. The van der Waals surface area contributed by atoms with E-state index in [9.17, 15) is 9.36 Å². The number of nitrogens with zero attached hydrogens (tertiary/aromatic N) is 1. The summed E-state index contributed by atoms with van der Waals surface area (Å²) in [6.45, 7) is 19.9. The molecule has 1 unspecified atom stereocenters. The third kappa shape index (κ3) is 10.2. The van der Waals surface area contributed by atoms with Crippen molar-refractivity contribution in [1.29, 1.82) is 0 Å². The first-order chi connectivity index (χ1) is 14.8. The van der Waals surface area contributed by atoms with Gasteiger partial charge in [-0.15, -0.1) is 0 Å². The summed E-state index contributed by atoms with van der Waals surface area (Å²) in [5, 5.41) is 2.91. The van der Waals surface area contributed by atoms with Crippen LogP contribution in [0.25, 0.3) is 0 Å². The summed E-state index contributed by atoms with van der Waals surface area (Å²) in [7, 11) is -3.60. The number of esters is 1. The van der Waals surface area contributed by atoms with Crippen molar-refractivity contribution in [3.8, 4) is 0 Å². The van der Waals surface area contributed by atoms with Gasteiger partial charge in [0.25, 0.3) is 0 Å². The zero-order valence-corrected chi connectivity index (χ0v) is 22.5. The fourth-order valence-corrected chi connectivity index (χ4v) is 5.18. The second kappa shape index (κ2) is 12.8. The maximum Gasteiger partial charge on any atom is 0.406 e. The summed E-state index contributed by atoms with van der Waals surface area (Å²) in [5.74, 6) is -0.259. The number of morpholine rings is 1. The topological polar surface area (TPSA) is 86.3 Å². The minimum atomic E-state index is -3.60. The van der Waals surface area contributed by atoms with E-state index < -0.39 is 24.4 Å². The SMILES string of the molecule is CCC(C)(C)OP(=O)(NCCOC(=O)C(C)(C)CCN1CCOCC1)OC(C)(CC)CC. The van der Waals surface area contributed by atoms with Gasteiger partial charge in [0, 0.05) is 19.6 Å². The maximum absolute atomic E-state index is 13.5. The summed E-state index contributed by atoms with van der Waals surface area (Å²) in [4.78, 5) is 14.9. The average Bonchev–Trinajstić information content (AvgIpc) is 2.75. The molecule has 0 saturated carbocycles. The van der Waals surface area contributed by atoms with Crippen molar-refractivity contribution in [2.75, 3.05) is 46.0 Å². The molecule has 1 N–H and O–H groups in total. The third-order valence-corrected chi connectivity index (χ3v) is 8.43. The van der Waals surface area contributed by atoms with Crippen LogP contribution in [0.3, 0.4) is 0 Å². The van der Waals surface area contributed by atoms with Crippen LogP contribution in [-0.2, 0) is 27.9 Å². The molecule has 0 amide bonds. The Kier molecular flexibility index (Phi) is 11.8. The molecule has 0 radical (unpaired) electrons. The molecule has 9 heteroatoms. The Hall–Kier alpha value is -0.500. The van der Waals surface area contributed by atoms with Gasteiger partial charge in [0.05, 0.1) is 29.8 Å². The molecule has 0 aromatic rings. The van der Waals surface area contributed by atoms with Crippen molar-refractivity contribution < 1.29 is 27.9 Å². The lowest BCUT2D eigenvalue weighted by Gasteiger charge is -2.36. The fourth-order valence-electron chi connectivity index (χ4n) is 3.03. The van der Waals surface area contributed by atoms with Gasteiger partial charge in [-0.2, -0.15) is 0 Å². The van der Waals surface area contributed by atoms with Crippen molar-refractivity contribution in [1.82, 2.24) is 9.99 Å². The van der Waals surface area contributed by atoms with Crippen LogP contribution >= 0.6 is 7.75 Å². The van der Waals surface area contributed by atoms with E-state index in [4.69, 9.17) is 18.5 Å². The zero-order valence-electron chi connectivity index (χ0n) is 21.6. The van der Waals surface area contributed by atoms with E-state index >= 15 is 0 Å². The van der Waals surface area contributed by atoms with E-state index in [0.29, 0.717) is 25.7 Å². The summed E-state index contributed by atoms with van der Waals surface area (Å²) >= 11 is 0. The summed E-state index contributed by atoms with van der Waals surface area (Å²) in [5.41, 5.74) is -1.77. The highest BCUT2D eigenvalue weighted by Crippen LogP contribution is 2.52. The lowest BCUT2D eigenvalue weighted by molar-refractivity contribution is -0.154. The quantitative estimate of drug-likeness (QED) is 0.205. The molecule has 1 saturated heterocycles. The molecule has 0 aromatic carbocycles. The van der Waals surface area contributed by atoms with Gasteiger partial charge < -0.3 is 9.47 Å². The highest BCUT2D eigenvalue weighted by molar-refractivity contribution is 7.51. The Balaban J connectivity index is 2.60. The number of carbonyl (C=O) groups is 1. The smallest absolute Gasteiger partial charge is 0.406 e. The number of carbonyl (C=O) groups excluding carboxylic acids is 1. The second-order valence-electron chi connectivity index (χ2n) is 10.1. The van der Waals surface area contributed by atoms with Gasteiger partial charge in [-0.25, -0.2) is 9.65 Å². The summed E-state index contributed by atoms with van der Waals surface area (Å²) in [6.07, 6.45) is 2.80. The Bertz CT molecular complexity index is 616. The van der Waals surface area contributed by atoms with Crippen LogP contribution in [0.15, 0.2) is 0 Å². The number of hydrogen-bond donors (Lipinski definition) is 1. The average molecular weight is 479 g/mol. The van der Waals surface area contributed by atoms with Crippen molar-refractivity contribution in [3.63, 3.8) is 0 Å². The predicted octanol–water partition coefficient (Wildman–Crippen LogP) is 4.78. The second-order valence-corrected chi connectivity index (χ2v) is 11.8. The highest BCUT2D eigenvalue weighted by atomic mass is 31.2. The number of rotatable bonds is 15. The molecule has 8 nitrogen and oxygen atoms in total. The van der Waals surface area contributed by atoms with Crippen LogP contribution in [0.5, 0.6) is 0 Å². The van der Waals surface area contributed by atoms with Gasteiger partial charge in [-0.3, -0.25) is 18.7 Å². The molecular formula is C23H47N2O6P. The van der Waals surface area contributed by atoms with E-state index in [-0.39, 0.29) is 19.1 Å². The van der Waals surface area contributed by atoms with E-state index in [0.717, 1.165) is 32.8 Å². The molecule has 0 aliphatic carbocycles. The highest BCUT2D eigenvalue weighted by Gasteiger charge is 2.39. The van der Waals surface area contributed by atoms with Gasteiger partial charge in [0.1, 0.15) is 6.61 Å². The van der Waals surface area contributed by atoms with Crippen molar-refractivity contribution >= 4 is 13.7 Å². The van der Waals surface area contributed by atoms with Crippen molar-refractivity contribution in [2.45, 2.75) is 92.3 Å². The molecule has 0 aromatic heterocycles.